The molecule has 28 heavy (non-hydrogen) atoms. The van der Waals surface area contributed by atoms with Crippen LogP contribution < -0.4 is 9.47 Å². The van der Waals surface area contributed by atoms with Crippen LogP contribution >= 0.6 is 0 Å². The Morgan fingerprint density at radius 3 is 1.71 bits per heavy atom. The van der Waals surface area contributed by atoms with Crippen molar-refractivity contribution in [2.75, 3.05) is 14.2 Å². The Bertz CT molecular complexity index is 796. The van der Waals surface area contributed by atoms with E-state index in [0.29, 0.717) is 25.9 Å². The fraction of sp³-hybridized carbons (Fsp3) is 0.364. The van der Waals surface area contributed by atoms with Gasteiger partial charge in [-0.05, 0) is 55.2 Å². The minimum atomic E-state index is -3.48. The van der Waals surface area contributed by atoms with Gasteiger partial charge in [0.15, 0.2) is 0 Å². The zero-order valence-electron chi connectivity index (χ0n) is 16.8. The van der Waals surface area contributed by atoms with E-state index in [4.69, 9.17) is 9.47 Å². The molecule has 0 radical (unpaired) electrons. The van der Waals surface area contributed by atoms with Crippen molar-refractivity contribution in [3.05, 3.63) is 72.3 Å². The van der Waals surface area contributed by atoms with Crippen molar-refractivity contribution in [3.63, 3.8) is 0 Å². The Morgan fingerprint density at radius 2 is 1.36 bits per heavy atom. The van der Waals surface area contributed by atoms with Gasteiger partial charge >= 0.3 is 0 Å². The van der Waals surface area contributed by atoms with Gasteiger partial charge in [-0.25, -0.2) is 8.42 Å². The summed E-state index contributed by atoms with van der Waals surface area (Å²) in [6, 6.07) is 14.9. The number of hydrogen-bond donors (Lipinski definition) is 0. The second kappa shape index (κ2) is 10.3. The highest BCUT2D eigenvalue weighted by atomic mass is 32.2. The van der Waals surface area contributed by atoms with Crippen molar-refractivity contribution in [1.82, 2.24) is 4.31 Å². The Morgan fingerprint density at radius 1 is 0.929 bits per heavy atom. The van der Waals surface area contributed by atoms with Crippen molar-refractivity contribution in [2.45, 2.75) is 38.1 Å². The summed E-state index contributed by atoms with van der Waals surface area (Å²) in [5, 5.41) is -0.484. The molecule has 0 heterocycles. The molecule has 0 saturated heterocycles. The smallest absolute Gasteiger partial charge is 0.217 e. The van der Waals surface area contributed by atoms with Gasteiger partial charge in [0.2, 0.25) is 10.0 Å². The third kappa shape index (κ3) is 5.84. The van der Waals surface area contributed by atoms with E-state index in [2.05, 4.69) is 6.58 Å². The van der Waals surface area contributed by atoms with E-state index in [1.54, 1.807) is 31.5 Å². The number of benzene rings is 2. The average Bonchev–Trinajstić information content (AvgIpc) is 2.72. The highest BCUT2D eigenvalue weighted by molar-refractivity contribution is 7.89. The number of methoxy groups -OCH3 is 2. The SMILES string of the molecule is C=CCCC(C)S(=O)(=O)N(Cc1ccc(OC)cc1)Cc1ccc(OC)cc1. The second-order valence-electron chi connectivity index (χ2n) is 6.69. The molecule has 0 aliphatic rings. The van der Waals surface area contributed by atoms with Crippen LogP contribution in [0.15, 0.2) is 61.2 Å². The molecule has 1 atom stereocenters. The molecule has 2 aromatic rings. The Labute approximate surface area is 168 Å². The molecule has 0 bridgehead atoms. The molecule has 2 aromatic carbocycles. The van der Waals surface area contributed by atoms with Crippen LogP contribution in [0.5, 0.6) is 11.5 Å². The van der Waals surface area contributed by atoms with Crippen LogP contribution in [-0.2, 0) is 23.1 Å². The van der Waals surface area contributed by atoms with Gasteiger partial charge in [-0.1, -0.05) is 30.3 Å². The predicted octanol–water partition coefficient (Wildman–Crippen LogP) is 4.39. The van der Waals surface area contributed by atoms with Crippen LogP contribution in [0.1, 0.15) is 30.9 Å². The second-order valence-corrected chi connectivity index (χ2v) is 9.04. The van der Waals surface area contributed by atoms with Crippen LogP contribution in [-0.4, -0.2) is 32.2 Å². The van der Waals surface area contributed by atoms with Gasteiger partial charge in [0, 0.05) is 13.1 Å². The van der Waals surface area contributed by atoms with Crippen LogP contribution in [0.4, 0.5) is 0 Å². The standard InChI is InChI=1S/C22H29NO4S/c1-5-6-7-18(2)28(24,25)23(16-19-8-12-21(26-3)13-9-19)17-20-10-14-22(27-4)15-11-20/h5,8-15,18H,1,6-7,16-17H2,2-4H3. The average molecular weight is 404 g/mol. The highest BCUT2D eigenvalue weighted by Crippen LogP contribution is 2.22. The summed E-state index contributed by atoms with van der Waals surface area (Å²) in [5.41, 5.74) is 1.82. The number of hydrogen-bond acceptors (Lipinski definition) is 4. The number of ether oxygens (including phenoxy) is 2. The lowest BCUT2D eigenvalue weighted by atomic mass is 10.2. The summed E-state index contributed by atoms with van der Waals surface area (Å²) >= 11 is 0. The topological polar surface area (TPSA) is 55.8 Å². The third-order valence-electron chi connectivity index (χ3n) is 4.68. The molecule has 0 N–H and O–H groups in total. The van der Waals surface area contributed by atoms with Gasteiger partial charge in [0.25, 0.3) is 0 Å². The minimum Gasteiger partial charge on any atom is -0.497 e. The molecule has 2 rings (SSSR count). The summed E-state index contributed by atoms with van der Waals surface area (Å²) in [5.74, 6) is 1.49. The molecular formula is C22H29NO4S. The summed E-state index contributed by atoms with van der Waals surface area (Å²) < 4.78 is 38.4. The van der Waals surface area contributed by atoms with Crippen LogP contribution in [0.3, 0.4) is 0 Å². The number of sulfonamides is 1. The monoisotopic (exact) mass is 403 g/mol. The van der Waals surface area contributed by atoms with E-state index >= 15 is 0 Å². The molecule has 0 spiro atoms. The summed E-state index contributed by atoms with van der Waals surface area (Å²) in [7, 11) is -0.262. The summed E-state index contributed by atoms with van der Waals surface area (Å²) in [4.78, 5) is 0. The molecule has 0 aliphatic carbocycles. The van der Waals surface area contributed by atoms with Crippen molar-refractivity contribution in [1.29, 1.82) is 0 Å². The van der Waals surface area contributed by atoms with Crippen LogP contribution in [0.2, 0.25) is 0 Å². The largest absolute Gasteiger partial charge is 0.497 e. The lowest BCUT2D eigenvalue weighted by molar-refractivity contribution is 0.391. The lowest BCUT2D eigenvalue weighted by Gasteiger charge is -2.26. The first-order chi connectivity index (χ1) is 13.4. The fourth-order valence-electron chi connectivity index (χ4n) is 2.86. The molecule has 0 saturated carbocycles. The van der Waals surface area contributed by atoms with E-state index in [1.807, 2.05) is 48.5 Å². The molecule has 152 valence electrons. The molecule has 5 nitrogen and oxygen atoms in total. The number of rotatable bonds is 11. The van der Waals surface area contributed by atoms with Gasteiger partial charge in [-0.3, -0.25) is 0 Å². The molecule has 1 unspecified atom stereocenters. The minimum absolute atomic E-state index is 0.302. The van der Waals surface area contributed by atoms with E-state index < -0.39 is 15.3 Å². The number of nitrogens with zero attached hydrogens (tertiary/aromatic N) is 1. The van der Waals surface area contributed by atoms with E-state index in [1.165, 1.54) is 0 Å². The molecule has 0 fully saturated rings. The van der Waals surface area contributed by atoms with Crippen LogP contribution in [0.25, 0.3) is 0 Å². The van der Waals surface area contributed by atoms with Gasteiger partial charge in [-0.2, -0.15) is 4.31 Å². The van der Waals surface area contributed by atoms with Crippen molar-refractivity contribution < 1.29 is 17.9 Å². The zero-order valence-corrected chi connectivity index (χ0v) is 17.6. The highest BCUT2D eigenvalue weighted by Gasteiger charge is 2.28. The quantitative estimate of drug-likeness (QED) is 0.522. The fourth-order valence-corrected chi connectivity index (χ4v) is 4.46. The van der Waals surface area contributed by atoms with Crippen LogP contribution in [0, 0.1) is 0 Å². The van der Waals surface area contributed by atoms with Crippen molar-refractivity contribution in [3.8, 4) is 11.5 Å². The van der Waals surface area contributed by atoms with E-state index in [9.17, 15) is 8.42 Å². The summed E-state index contributed by atoms with van der Waals surface area (Å²) in [6.45, 7) is 6.06. The Hall–Kier alpha value is -2.31. The predicted molar refractivity (Wildman–Crippen MR) is 113 cm³/mol. The molecule has 6 heteroatoms. The summed E-state index contributed by atoms with van der Waals surface area (Å²) in [6.07, 6.45) is 2.97. The Kier molecular flexibility index (Phi) is 8.08. The first-order valence-corrected chi connectivity index (χ1v) is 10.8. The zero-order chi connectivity index (χ0) is 20.6. The first kappa shape index (κ1) is 22.0. The molecule has 0 amide bonds. The van der Waals surface area contributed by atoms with Gasteiger partial charge < -0.3 is 9.47 Å². The maximum absolute atomic E-state index is 13.2. The van der Waals surface area contributed by atoms with Crippen molar-refractivity contribution >= 4 is 10.0 Å². The van der Waals surface area contributed by atoms with E-state index in [0.717, 1.165) is 22.6 Å². The third-order valence-corrected chi connectivity index (χ3v) is 6.91. The molecular weight excluding hydrogens is 374 g/mol. The Balaban J connectivity index is 2.28. The normalized spacial score (nSPS) is 12.6. The number of allylic oxidation sites excluding steroid dienone is 1. The van der Waals surface area contributed by atoms with Gasteiger partial charge in [0.1, 0.15) is 11.5 Å². The van der Waals surface area contributed by atoms with E-state index in [-0.39, 0.29) is 0 Å². The maximum atomic E-state index is 13.2. The lowest BCUT2D eigenvalue weighted by Crippen LogP contribution is -2.36. The van der Waals surface area contributed by atoms with Gasteiger partial charge in [0.05, 0.1) is 19.5 Å². The molecule has 0 aromatic heterocycles. The molecule has 0 aliphatic heterocycles. The maximum Gasteiger partial charge on any atom is 0.217 e. The van der Waals surface area contributed by atoms with Gasteiger partial charge in [-0.15, -0.1) is 6.58 Å². The van der Waals surface area contributed by atoms with Crippen molar-refractivity contribution in [2.24, 2.45) is 0 Å². The first-order valence-electron chi connectivity index (χ1n) is 9.26.